The highest BCUT2D eigenvalue weighted by Gasteiger charge is 2.17. The van der Waals surface area contributed by atoms with Gasteiger partial charge in [0.1, 0.15) is 11.6 Å². The zero-order valence-electron chi connectivity index (χ0n) is 12.5. The first-order valence-corrected chi connectivity index (χ1v) is 7.77. The molecular weight excluding hydrogens is 289 g/mol. The number of nitrogens with one attached hydrogen (secondary N) is 1. The highest BCUT2D eigenvalue weighted by Crippen LogP contribution is 2.25. The van der Waals surface area contributed by atoms with Crippen molar-refractivity contribution in [2.24, 2.45) is 0 Å². The third kappa shape index (κ3) is 4.08. The molecule has 0 aliphatic heterocycles. The van der Waals surface area contributed by atoms with Crippen LogP contribution in [-0.2, 0) is 12.8 Å². The minimum Gasteiger partial charge on any atom is -0.469 e. The predicted octanol–water partition coefficient (Wildman–Crippen LogP) is 4.92. The van der Waals surface area contributed by atoms with Gasteiger partial charge >= 0.3 is 0 Å². The number of rotatable bonds is 7. The molecule has 21 heavy (non-hydrogen) atoms. The molecule has 0 aliphatic carbocycles. The van der Waals surface area contributed by atoms with Crippen molar-refractivity contribution in [3.05, 3.63) is 58.3 Å². The predicted molar refractivity (Wildman–Crippen MR) is 84.2 cm³/mol. The zero-order chi connectivity index (χ0) is 15.2. The first kappa shape index (κ1) is 16.1. The van der Waals surface area contributed by atoms with Crippen molar-refractivity contribution < 1.29 is 8.81 Å². The van der Waals surface area contributed by atoms with Crippen molar-refractivity contribution in [1.29, 1.82) is 0 Å². The van der Waals surface area contributed by atoms with Crippen LogP contribution in [0.5, 0.6) is 0 Å². The average Bonchev–Trinajstić information content (AvgIpc) is 2.95. The SMILES string of the molecule is CCCNC(Cc1ccc(F)c(Cl)c1)c1ccoc1CC. The van der Waals surface area contributed by atoms with E-state index in [-0.39, 0.29) is 16.9 Å². The van der Waals surface area contributed by atoms with Gasteiger partial charge in [0, 0.05) is 18.0 Å². The second-order valence-electron chi connectivity index (χ2n) is 5.11. The summed E-state index contributed by atoms with van der Waals surface area (Å²) >= 11 is 5.87. The Morgan fingerprint density at radius 2 is 2.10 bits per heavy atom. The number of halogens is 2. The van der Waals surface area contributed by atoms with Gasteiger partial charge in [0.05, 0.1) is 11.3 Å². The van der Waals surface area contributed by atoms with Gasteiger partial charge in [-0.2, -0.15) is 0 Å². The van der Waals surface area contributed by atoms with Gasteiger partial charge < -0.3 is 9.73 Å². The van der Waals surface area contributed by atoms with E-state index >= 15 is 0 Å². The smallest absolute Gasteiger partial charge is 0.141 e. The van der Waals surface area contributed by atoms with Crippen LogP contribution in [-0.4, -0.2) is 6.54 Å². The van der Waals surface area contributed by atoms with Crippen molar-refractivity contribution in [3.8, 4) is 0 Å². The molecule has 1 N–H and O–H groups in total. The van der Waals surface area contributed by atoms with E-state index in [1.54, 1.807) is 18.4 Å². The summed E-state index contributed by atoms with van der Waals surface area (Å²) in [6.07, 6.45) is 4.40. The fourth-order valence-corrected chi connectivity index (χ4v) is 2.66. The van der Waals surface area contributed by atoms with E-state index in [9.17, 15) is 4.39 Å². The Bertz CT molecular complexity index is 582. The molecule has 0 amide bonds. The van der Waals surface area contributed by atoms with Crippen LogP contribution in [0.25, 0.3) is 0 Å². The molecule has 1 aromatic carbocycles. The van der Waals surface area contributed by atoms with Crippen LogP contribution < -0.4 is 5.32 Å². The van der Waals surface area contributed by atoms with E-state index in [4.69, 9.17) is 16.0 Å². The van der Waals surface area contributed by atoms with Gasteiger partial charge in [-0.25, -0.2) is 4.39 Å². The molecule has 0 fully saturated rings. The molecule has 0 spiro atoms. The molecular formula is C17H21ClFNO. The van der Waals surface area contributed by atoms with Crippen LogP contribution in [0.3, 0.4) is 0 Å². The summed E-state index contributed by atoms with van der Waals surface area (Å²) in [5.41, 5.74) is 2.18. The van der Waals surface area contributed by atoms with Crippen molar-refractivity contribution >= 4 is 11.6 Å². The molecule has 1 atom stereocenters. The van der Waals surface area contributed by atoms with Gasteiger partial charge in [-0.3, -0.25) is 0 Å². The Morgan fingerprint density at radius 1 is 1.29 bits per heavy atom. The van der Waals surface area contributed by atoms with Gasteiger partial charge in [0.25, 0.3) is 0 Å². The van der Waals surface area contributed by atoms with Crippen LogP contribution in [0.4, 0.5) is 4.39 Å². The Hall–Kier alpha value is -1.32. The summed E-state index contributed by atoms with van der Waals surface area (Å²) in [6.45, 7) is 5.14. The highest BCUT2D eigenvalue weighted by atomic mass is 35.5. The molecule has 1 aromatic heterocycles. The fourth-order valence-electron chi connectivity index (χ4n) is 2.46. The van der Waals surface area contributed by atoms with Crippen molar-refractivity contribution in [2.45, 2.75) is 39.2 Å². The van der Waals surface area contributed by atoms with Gasteiger partial charge in [0.2, 0.25) is 0 Å². The second kappa shape index (κ2) is 7.62. The second-order valence-corrected chi connectivity index (χ2v) is 5.52. The first-order valence-electron chi connectivity index (χ1n) is 7.39. The van der Waals surface area contributed by atoms with E-state index < -0.39 is 0 Å². The number of benzene rings is 1. The van der Waals surface area contributed by atoms with Gasteiger partial charge in [-0.05, 0) is 43.1 Å². The van der Waals surface area contributed by atoms with E-state index in [0.29, 0.717) is 0 Å². The normalized spacial score (nSPS) is 12.6. The van der Waals surface area contributed by atoms with Crippen LogP contribution in [0.2, 0.25) is 5.02 Å². The van der Waals surface area contributed by atoms with E-state index in [2.05, 4.69) is 19.2 Å². The topological polar surface area (TPSA) is 25.2 Å². The largest absolute Gasteiger partial charge is 0.469 e. The summed E-state index contributed by atoms with van der Waals surface area (Å²) in [6, 6.07) is 7.07. The molecule has 0 aliphatic rings. The molecule has 0 saturated carbocycles. The summed E-state index contributed by atoms with van der Waals surface area (Å²) in [5.74, 6) is 0.618. The summed E-state index contributed by atoms with van der Waals surface area (Å²) in [4.78, 5) is 0. The highest BCUT2D eigenvalue weighted by molar-refractivity contribution is 6.30. The maximum absolute atomic E-state index is 13.3. The number of hydrogen-bond acceptors (Lipinski definition) is 2. The van der Waals surface area contributed by atoms with Crippen molar-refractivity contribution in [3.63, 3.8) is 0 Å². The first-order chi connectivity index (χ1) is 10.2. The van der Waals surface area contributed by atoms with Crippen LogP contribution in [0.15, 0.2) is 34.9 Å². The molecule has 1 heterocycles. The lowest BCUT2D eigenvalue weighted by atomic mass is 9.98. The molecule has 4 heteroatoms. The Balaban J connectivity index is 2.21. The van der Waals surface area contributed by atoms with Gasteiger partial charge in [-0.1, -0.05) is 31.5 Å². The quantitative estimate of drug-likeness (QED) is 0.785. The number of aryl methyl sites for hydroxylation is 1. The van der Waals surface area contributed by atoms with Crippen LogP contribution >= 0.6 is 11.6 Å². The van der Waals surface area contributed by atoms with E-state index in [1.807, 2.05) is 6.07 Å². The van der Waals surface area contributed by atoms with Gasteiger partial charge in [-0.15, -0.1) is 0 Å². The molecule has 2 nitrogen and oxygen atoms in total. The minimum atomic E-state index is -0.379. The lowest BCUT2D eigenvalue weighted by molar-refractivity contribution is 0.481. The summed E-state index contributed by atoms with van der Waals surface area (Å²) in [7, 11) is 0. The summed E-state index contributed by atoms with van der Waals surface area (Å²) < 4.78 is 18.8. The monoisotopic (exact) mass is 309 g/mol. The third-order valence-corrected chi connectivity index (χ3v) is 3.83. The standard InChI is InChI=1S/C17H21ClFNO/c1-3-8-20-16(13-7-9-21-17(13)4-2)11-12-5-6-15(19)14(18)10-12/h5-7,9-10,16,20H,3-4,8,11H2,1-2H3. The van der Waals surface area contributed by atoms with Gasteiger partial charge in [0.15, 0.2) is 0 Å². The number of hydrogen-bond donors (Lipinski definition) is 1. The molecule has 2 rings (SSSR count). The summed E-state index contributed by atoms with van der Waals surface area (Å²) in [5, 5.41) is 3.70. The van der Waals surface area contributed by atoms with Crippen molar-refractivity contribution in [2.75, 3.05) is 6.54 Å². The Labute approximate surface area is 130 Å². The maximum atomic E-state index is 13.3. The Morgan fingerprint density at radius 3 is 2.76 bits per heavy atom. The molecule has 0 radical (unpaired) electrons. The zero-order valence-corrected chi connectivity index (χ0v) is 13.2. The number of furan rings is 1. The average molecular weight is 310 g/mol. The van der Waals surface area contributed by atoms with Crippen LogP contribution in [0, 0.1) is 5.82 Å². The Kier molecular flexibility index (Phi) is 5.83. The van der Waals surface area contributed by atoms with Crippen LogP contribution in [0.1, 0.15) is 43.2 Å². The molecule has 0 saturated heterocycles. The lowest BCUT2D eigenvalue weighted by Crippen LogP contribution is -2.24. The molecule has 114 valence electrons. The van der Waals surface area contributed by atoms with Crippen molar-refractivity contribution in [1.82, 2.24) is 5.32 Å². The minimum absolute atomic E-state index is 0.153. The molecule has 0 bridgehead atoms. The molecule has 2 aromatic rings. The van der Waals surface area contributed by atoms with E-state index in [1.165, 1.54) is 11.6 Å². The maximum Gasteiger partial charge on any atom is 0.141 e. The third-order valence-electron chi connectivity index (χ3n) is 3.54. The fraction of sp³-hybridized carbons (Fsp3) is 0.412. The van der Waals surface area contributed by atoms with E-state index in [0.717, 1.165) is 37.1 Å². The lowest BCUT2D eigenvalue weighted by Gasteiger charge is -2.19. The molecule has 1 unspecified atom stereocenters.